The first kappa shape index (κ1) is 88.7. The summed E-state index contributed by atoms with van der Waals surface area (Å²) in [5.41, 5.74) is 0. The molecule has 0 aromatic heterocycles. The molecule has 96 heavy (non-hydrogen) atoms. The Morgan fingerprint density at radius 3 is 1.01 bits per heavy atom. The molecule has 3 aliphatic rings. The van der Waals surface area contributed by atoms with Crippen molar-refractivity contribution >= 4 is 5.91 Å². The largest absolute Gasteiger partial charge is 0.394 e. The van der Waals surface area contributed by atoms with Crippen molar-refractivity contribution in [3.05, 3.63) is 12.2 Å². The molecule has 12 N–H and O–H groups in total. The molecule has 17 unspecified atom stereocenters. The molecule has 1 amide bonds. The average molecular weight is 1380 g/mol. The summed E-state index contributed by atoms with van der Waals surface area (Å²) in [4.78, 5) is 13.5. The van der Waals surface area contributed by atoms with Crippen molar-refractivity contribution < 1.29 is 89.4 Å². The minimum Gasteiger partial charge on any atom is -0.394 e. The second-order valence-electron chi connectivity index (χ2n) is 28.9. The predicted molar refractivity (Wildman–Crippen MR) is 379 cm³/mol. The Morgan fingerprint density at radius 1 is 0.365 bits per heavy atom. The molecule has 19 heteroatoms. The Balaban J connectivity index is 1.37. The molecule has 17 atom stereocenters. The molecule has 3 rings (SSSR count). The highest BCUT2D eigenvalue weighted by molar-refractivity contribution is 5.76. The van der Waals surface area contributed by atoms with E-state index in [1.165, 1.54) is 263 Å². The summed E-state index contributed by atoms with van der Waals surface area (Å²) in [6, 6.07) is -0.885. The summed E-state index contributed by atoms with van der Waals surface area (Å²) >= 11 is 0. The molecule has 0 radical (unpaired) electrons. The van der Waals surface area contributed by atoms with E-state index < -0.39 is 124 Å². The fourth-order valence-corrected chi connectivity index (χ4v) is 13.9. The van der Waals surface area contributed by atoms with E-state index >= 15 is 0 Å². The molecule has 3 aliphatic heterocycles. The Hall–Kier alpha value is -1.47. The molecule has 0 bridgehead atoms. The molecule has 0 aromatic rings. The van der Waals surface area contributed by atoms with Crippen LogP contribution < -0.4 is 5.32 Å². The van der Waals surface area contributed by atoms with E-state index in [0.717, 1.165) is 44.9 Å². The summed E-state index contributed by atoms with van der Waals surface area (Å²) in [5.74, 6) is -0.235. The van der Waals surface area contributed by atoms with Crippen LogP contribution in [0.2, 0.25) is 0 Å². The monoisotopic (exact) mass is 1370 g/mol. The van der Waals surface area contributed by atoms with Gasteiger partial charge in [0.2, 0.25) is 5.91 Å². The molecule has 0 spiro atoms. The van der Waals surface area contributed by atoms with Crippen molar-refractivity contribution in [3.63, 3.8) is 0 Å². The Kier molecular flexibility index (Phi) is 54.5. The van der Waals surface area contributed by atoms with E-state index in [4.69, 9.17) is 28.4 Å². The quantitative estimate of drug-likeness (QED) is 0.0199. The number of aliphatic hydroxyl groups excluding tert-OH is 11. The lowest BCUT2D eigenvalue weighted by Crippen LogP contribution is -2.66. The van der Waals surface area contributed by atoms with Gasteiger partial charge in [-0.1, -0.05) is 309 Å². The molecule has 0 aliphatic carbocycles. The molecule has 3 saturated heterocycles. The van der Waals surface area contributed by atoms with Crippen LogP contribution >= 0.6 is 0 Å². The topological polar surface area (TPSA) is 307 Å². The average Bonchev–Trinajstić information content (AvgIpc) is 0.787. The van der Waals surface area contributed by atoms with Gasteiger partial charge in [-0.3, -0.25) is 4.79 Å². The number of rotatable bonds is 64. The van der Waals surface area contributed by atoms with Gasteiger partial charge < -0.3 is 89.9 Å². The summed E-state index contributed by atoms with van der Waals surface area (Å²) in [7, 11) is 0. The van der Waals surface area contributed by atoms with Crippen LogP contribution in [0.4, 0.5) is 0 Å². The molecular weight excluding hydrogens is 1230 g/mol. The van der Waals surface area contributed by atoms with E-state index in [0.29, 0.717) is 12.8 Å². The smallest absolute Gasteiger partial charge is 0.220 e. The van der Waals surface area contributed by atoms with Gasteiger partial charge in [-0.05, 0) is 38.5 Å². The third-order valence-corrected chi connectivity index (χ3v) is 20.3. The lowest BCUT2D eigenvalue weighted by Gasteiger charge is -2.48. The van der Waals surface area contributed by atoms with Crippen LogP contribution in [0.3, 0.4) is 0 Å². The summed E-state index contributed by atoms with van der Waals surface area (Å²) in [6.45, 7) is 1.86. The highest BCUT2D eigenvalue weighted by Gasteiger charge is 2.54. The zero-order valence-corrected chi connectivity index (χ0v) is 60.6. The van der Waals surface area contributed by atoms with Gasteiger partial charge in [-0.2, -0.15) is 0 Å². The summed E-state index contributed by atoms with van der Waals surface area (Å²) in [6.07, 6.45) is 41.5. The number of ether oxygens (including phenoxy) is 6. The molecule has 0 saturated carbocycles. The fourth-order valence-electron chi connectivity index (χ4n) is 13.9. The lowest BCUT2D eigenvalue weighted by molar-refractivity contribution is -0.379. The molecule has 568 valence electrons. The van der Waals surface area contributed by atoms with E-state index in [2.05, 4.69) is 31.3 Å². The third-order valence-electron chi connectivity index (χ3n) is 20.3. The van der Waals surface area contributed by atoms with Gasteiger partial charge in [0.15, 0.2) is 18.9 Å². The number of hydrogen-bond donors (Lipinski definition) is 12. The first-order valence-electron chi connectivity index (χ1n) is 39.9. The second-order valence-corrected chi connectivity index (χ2v) is 28.9. The molecule has 19 nitrogen and oxygen atoms in total. The molecule has 3 fully saturated rings. The number of allylic oxidation sites excluding steroid dienone is 2. The van der Waals surface area contributed by atoms with Crippen LogP contribution in [0.25, 0.3) is 0 Å². The minimum absolute atomic E-state index is 0.235. The van der Waals surface area contributed by atoms with Crippen molar-refractivity contribution in [1.29, 1.82) is 0 Å². The molecular formula is C77H147NO18. The van der Waals surface area contributed by atoms with E-state index in [9.17, 15) is 61.0 Å². The number of unbranched alkanes of at least 4 members (excludes halogenated alkanes) is 46. The number of carbonyl (C=O) groups is 1. The maximum Gasteiger partial charge on any atom is 0.220 e. The minimum atomic E-state index is -1.97. The highest BCUT2D eigenvalue weighted by Crippen LogP contribution is 2.33. The highest BCUT2D eigenvalue weighted by atomic mass is 16.8. The van der Waals surface area contributed by atoms with Crippen molar-refractivity contribution in [2.24, 2.45) is 0 Å². The van der Waals surface area contributed by atoms with Gasteiger partial charge >= 0.3 is 0 Å². The Bertz CT molecular complexity index is 1790. The van der Waals surface area contributed by atoms with Crippen molar-refractivity contribution in [3.8, 4) is 0 Å². The van der Waals surface area contributed by atoms with Gasteiger partial charge in [0.25, 0.3) is 0 Å². The Labute approximate surface area is 582 Å². The van der Waals surface area contributed by atoms with Crippen LogP contribution in [-0.4, -0.2) is 193 Å². The van der Waals surface area contributed by atoms with Crippen LogP contribution in [-0.2, 0) is 33.2 Å². The first-order valence-corrected chi connectivity index (χ1v) is 39.9. The summed E-state index contributed by atoms with van der Waals surface area (Å²) < 4.78 is 34.5. The SMILES string of the molecule is CCCCCCCCCC/C=C\CCCCCCCCCCCCCCCCCCCC(=O)NC(COC1OC(CO)C(OC2OC(CO)C(OC3OC(CO)C(O)C(O)C3O)C(O)C2O)C(O)C1O)C(O)CCCCCCCCCCCCCCCCCCCCCCCC. The molecule has 3 heterocycles. The maximum absolute atomic E-state index is 13.5. The van der Waals surface area contributed by atoms with Crippen molar-refractivity contribution in [2.75, 3.05) is 26.4 Å². The van der Waals surface area contributed by atoms with Crippen LogP contribution in [0, 0.1) is 0 Å². The fraction of sp³-hybridized carbons (Fsp3) is 0.961. The third kappa shape index (κ3) is 39.3. The number of amides is 1. The van der Waals surface area contributed by atoms with Crippen molar-refractivity contribution in [1.82, 2.24) is 5.32 Å². The van der Waals surface area contributed by atoms with E-state index in [1.54, 1.807) is 0 Å². The Morgan fingerprint density at radius 2 is 0.656 bits per heavy atom. The van der Waals surface area contributed by atoms with Gasteiger partial charge in [0.05, 0.1) is 38.6 Å². The van der Waals surface area contributed by atoms with Crippen LogP contribution in [0.5, 0.6) is 0 Å². The van der Waals surface area contributed by atoms with E-state index in [1.807, 2.05) is 0 Å². The van der Waals surface area contributed by atoms with E-state index in [-0.39, 0.29) is 18.9 Å². The van der Waals surface area contributed by atoms with Gasteiger partial charge in [-0.15, -0.1) is 0 Å². The predicted octanol–water partition coefficient (Wildman–Crippen LogP) is 12.8. The standard InChI is InChI=1S/C77H147NO18/c1-3-5-7-9-11-13-15-17-19-21-23-25-27-28-29-30-31-32-33-35-37-39-41-43-45-47-49-51-53-55-65(83)78-60(61(82)54-52-50-48-46-44-42-40-38-36-34-26-24-22-20-18-16-14-12-10-8-6-4-2)59-91-75-71(89)68(86)73(63(57-80)93-75)96-77-72(90)69(87)74(64(58-81)94-77)95-76-70(88)67(85)66(84)62(56-79)92-76/h21,23,60-64,66-77,79-82,84-90H,3-20,22,24-59H2,1-2H3,(H,78,83)/b23-21-. The van der Waals surface area contributed by atoms with Gasteiger partial charge in [-0.25, -0.2) is 0 Å². The maximum atomic E-state index is 13.5. The second kappa shape index (κ2) is 59.0. The normalized spacial score (nSPS) is 27.0. The van der Waals surface area contributed by atoms with Gasteiger partial charge in [0, 0.05) is 6.42 Å². The lowest BCUT2D eigenvalue weighted by atomic mass is 9.96. The zero-order valence-electron chi connectivity index (χ0n) is 60.6. The number of nitrogens with one attached hydrogen (secondary N) is 1. The number of hydrogen-bond acceptors (Lipinski definition) is 18. The van der Waals surface area contributed by atoms with Crippen LogP contribution in [0.15, 0.2) is 12.2 Å². The zero-order chi connectivity index (χ0) is 69.6. The number of aliphatic hydroxyl groups is 11. The number of carbonyl (C=O) groups excluding carboxylic acids is 1. The van der Waals surface area contributed by atoms with Crippen LogP contribution in [0.1, 0.15) is 341 Å². The van der Waals surface area contributed by atoms with Crippen molar-refractivity contribution in [2.45, 2.75) is 446 Å². The van der Waals surface area contributed by atoms with Gasteiger partial charge in [0.1, 0.15) is 73.2 Å². The molecule has 0 aromatic carbocycles. The first-order chi connectivity index (χ1) is 46.8. The summed E-state index contributed by atoms with van der Waals surface area (Å²) in [5, 5.41) is 121.